The molecule has 0 aromatic heterocycles. The van der Waals surface area contributed by atoms with Crippen LogP contribution < -0.4 is 10.6 Å². The van der Waals surface area contributed by atoms with Gasteiger partial charge in [0.1, 0.15) is 0 Å². The second-order valence-corrected chi connectivity index (χ2v) is 7.05. The molecule has 2 N–H and O–H groups in total. The third-order valence-corrected chi connectivity index (χ3v) is 4.77. The zero-order chi connectivity index (χ0) is 15.2. The van der Waals surface area contributed by atoms with Crippen LogP contribution in [0.3, 0.4) is 0 Å². The number of halogens is 1. The predicted molar refractivity (Wildman–Crippen MR) is 93.3 cm³/mol. The first-order valence-corrected chi connectivity index (χ1v) is 8.74. The number of anilines is 1. The second-order valence-electron chi connectivity index (χ2n) is 6.64. The zero-order valence-corrected chi connectivity index (χ0v) is 14.2. The minimum atomic E-state index is 0.668. The molecule has 2 nitrogen and oxygen atoms in total. The van der Waals surface area contributed by atoms with E-state index in [1.54, 1.807) is 0 Å². The Kier molecular flexibility index (Phi) is 6.38. The van der Waals surface area contributed by atoms with Gasteiger partial charge in [-0.15, -0.1) is 0 Å². The van der Waals surface area contributed by atoms with Crippen LogP contribution in [0.4, 0.5) is 5.69 Å². The summed E-state index contributed by atoms with van der Waals surface area (Å²) in [7, 11) is 0. The topological polar surface area (TPSA) is 29.3 Å². The van der Waals surface area contributed by atoms with Crippen molar-refractivity contribution in [2.75, 3.05) is 18.0 Å². The average molecular weight is 309 g/mol. The molecule has 3 heteroatoms. The first-order valence-electron chi connectivity index (χ1n) is 8.37. The van der Waals surface area contributed by atoms with Gasteiger partial charge in [0.05, 0.1) is 10.7 Å². The molecule has 2 rings (SSSR count). The van der Waals surface area contributed by atoms with Crippen molar-refractivity contribution in [3.63, 3.8) is 0 Å². The molecule has 0 radical (unpaired) electrons. The highest BCUT2D eigenvalue weighted by Gasteiger charge is 2.24. The van der Waals surface area contributed by atoms with Gasteiger partial charge in [-0.1, -0.05) is 44.4 Å². The van der Waals surface area contributed by atoms with Crippen molar-refractivity contribution in [3.05, 3.63) is 28.8 Å². The summed E-state index contributed by atoms with van der Waals surface area (Å²) >= 11 is 6.57. The Morgan fingerprint density at radius 1 is 1.29 bits per heavy atom. The van der Waals surface area contributed by atoms with E-state index in [1.807, 2.05) is 0 Å². The van der Waals surface area contributed by atoms with Gasteiger partial charge in [0, 0.05) is 12.6 Å². The van der Waals surface area contributed by atoms with Crippen molar-refractivity contribution >= 4 is 17.3 Å². The lowest BCUT2D eigenvalue weighted by Crippen LogP contribution is -2.35. The van der Waals surface area contributed by atoms with E-state index in [-0.39, 0.29) is 0 Å². The number of hydrogen-bond acceptors (Lipinski definition) is 2. The van der Waals surface area contributed by atoms with E-state index >= 15 is 0 Å². The highest BCUT2D eigenvalue weighted by molar-refractivity contribution is 6.33. The number of benzene rings is 1. The molecule has 0 heterocycles. The Morgan fingerprint density at radius 3 is 2.57 bits per heavy atom. The number of nitrogens with zero attached hydrogens (tertiary/aromatic N) is 1. The first-order chi connectivity index (χ1) is 10.1. The second kappa shape index (κ2) is 8.05. The third-order valence-electron chi connectivity index (χ3n) is 4.47. The molecular formula is C18H29ClN2. The largest absolute Gasteiger partial charge is 0.367 e. The molecule has 0 aliphatic heterocycles. The van der Waals surface area contributed by atoms with E-state index < -0.39 is 0 Å². The standard InChI is InChI=1S/C18H29ClN2/c1-14(2)10-12-21(16-5-3-4-6-16)18-8-7-15(9-11-20)13-17(18)19/h7-8,13-14,16H,3-6,9-12,20H2,1-2H3. The van der Waals surface area contributed by atoms with E-state index in [0.29, 0.717) is 12.6 Å². The Balaban J connectivity index is 2.18. The number of rotatable bonds is 7. The molecule has 0 atom stereocenters. The summed E-state index contributed by atoms with van der Waals surface area (Å²) in [5.41, 5.74) is 8.09. The van der Waals surface area contributed by atoms with Crippen molar-refractivity contribution in [3.8, 4) is 0 Å². The highest BCUT2D eigenvalue weighted by Crippen LogP contribution is 2.34. The van der Waals surface area contributed by atoms with Crippen LogP contribution in [0, 0.1) is 5.92 Å². The zero-order valence-electron chi connectivity index (χ0n) is 13.4. The average Bonchev–Trinajstić information content (AvgIpc) is 2.95. The molecule has 0 spiro atoms. The molecule has 1 saturated carbocycles. The Hall–Kier alpha value is -0.730. The minimum absolute atomic E-state index is 0.668. The van der Waals surface area contributed by atoms with Gasteiger partial charge < -0.3 is 10.6 Å². The van der Waals surface area contributed by atoms with Gasteiger partial charge in [-0.05, 0) is 55.8 Å². The maximum atomic E-state index is 6.57. The maximum absolute atomic E-state index is 6.57. The van der Waals surface area contributed by atoms with Gasteiger partial charge in [0.2, 0.25) is 0 Å². The number of nitrogens with two attached hydrogens (primary N) is 1. The van der Waals surface area contributed by atoms with Gasteiger partial charge in [-0.3, -0.25) is 0 Å². The van der Waals surface area contributed by atoms with Crippen molar-refractivity contribution in [2.24, 2.45) is 11.7 Å². The van der Waals surface area contributed by atoms with Gasteiger partial charge in [-0.2, -0.15) is 0 Å². The highest BCUT2D eigenvalue weighted by atomic mass is 35.5. The quantitative estimate of drug-likeness (QED) is 0.795. The van der Waals surface area contributed by atoms with Crippen LogP contribution in [0.15, 0.2) is 18.2 Å². The maximum Gasteiger partial charge on any atom is 0.0642 e. The molecule has 0 amide bonds. The molecule has 0 saturated heterocycles. The summed E-state index contributed by atoms with van der Waals surface area (Å²) in [6.07, 6.45) is 7.43. The van der Waals surface area contributed by atoms with Gasteiger partial charge in [0.25, 0.3) is 0 Å². The summed E-state index contributed by atoms with van der Waals surface area (Å²) in [5, 5.41) is 0.886. The lowest BCUT2D eigenvalue weighted by Gasteiger charge is -2.33. The van der Waals surface area contributed by atoms with E-state index in [9.17, 15) is 0 Å². The fraction of sp³-hybridized carbons (Fsp3) is 0.667. The molecular weight excluding hydrogens is 280 g/mol. The molecule has 0 unspecified atom stereocenters. The Labute approximate surface area is 134 Å². The summed E-state index contributed by atoms with van der Waals surface area (Å²) in [6, 6.07) is 7.15. The third kappa shape index (κ3) is 4.62. The molecule has 1 fully saturated rings. The van der Waals surface area contributed by atoms with Crippen molar-refractivity contribution < 1.29 is 0 Å². The molecule has 0 bridgehead atoms. The fourth-order valence-electron chi connectivity index (χ4n) is 3.22. The van der Waals surface area contributed by atoms with Crippen LogP contribution in [-0.2, 0) is 6.42 Å². The first kappa shape index (κ1) is 16.6. The van der Waals surface area contributed by atoms with E-state index in [0.717, 1.165) is 23.9 Å². The van der Waals surface area contributed by atoms with Crippen LogP contribution in [0.1, 0.15) is 51.5 Å². The Morgan fingerprint density at radius 2 is 2.00 bits per heavy atom. The summed E-state index contributed by atoms with van der Waals surface area (Å²) in [5.74, 6) is 0.726. The number of hydrogen-bond donors (Lipinski definition) is 1. The monoisotopic (exact) mass is 308 g/mol. The summed E-state index contributed by atoms with van der Waals surface area (Å²) < 4.78 is 0. The van der Waals surface area contributed by atoms with Crippen LogP contribution >= 0.6 is 11.6 Å². The smallest absolute Gasteiger partial charge is 0.0642 e. The van der Waals surface area contributed by atoms with Crippen molar-refractivity contribution in [1.82, 2.24) is 0 Å². The molecule has 1 aromatic rings. The van der Waals surface area contributed by atoms with Crippen molar-refractivity contribution in [2.45, 2.75) is 58.4 Å². The van der Waals surface area contributed by atoms with Crippen LogP contribution in [-0.4, -0.2) is 19.1 Å². The normalized spacial score (nSPS) is 15.9. The molecule has 1 aromatic carbocycles. The molecule has 1 aliphatic rings. The summed E-state index contributed by atoms with van der Waals surface area (Å²) in [4.78, 5) is 2.56. The van der Waals surface area contributed by atoms with Crippen LogP contribution in [0.5, 0.6) is 0 Å². The van der Waals surface area contributed by atoms with E-state index in [4.69, 9.17) is 17.3 Å². The predicted octanol–water partition coefficient (Wildman–Crippen LogP) is 4.64. The van der Waals surface area contributed by atoms with Crippen LogP contribution in [0.25, 0.3) is 0 Å². The molecule has 21 heavy (non-hydrogen) atoms. The van der Waals surface area contributed by atoms with Crippen LogP contribution in [0.2, 0.25) is 5.02 Å². The van der Waals surface area contributed by atoms with E-state index in [2.05, 4.69) is 36.9 Å². The lowest BCUT2D eigenvalue weighted by atomic mass is 10.1. The fourth-order valence-corrected chi connectivity index (χ4v) is 3.53. The van der Waals surface area contributed by atoms with Gasteiger partial charge >= 0.3 is 0 Å². The van der Waals surface area contributed by atoms with Gasteiger partial charge in [0.15, 0.2) is 0 Å². The van der Waals surface area contributed by atoms with Gasteiger partial charge in [-0.25, -0.2) is 0 Å². The Bertz CT molecular complexity index is 439. The van der Waals surface area contributed by atoms with Crippen molar-refractivity contribution in [1.29, 1.82) is 0 Å². The van der Waals surface area contributed by atoms with E-state index in [1.165, 1.54) is 43.4 Å². The summed E-state index contributed by atoms with van der Waals surface area (Å²) in [6.45, 7) is 6.37. The molecule has 1 aliphatic carbocycles. The lowest BCUT2D eigenvalue weighted by molar-refractivity contribution is 0.528. The molecule has 118 valence electrons. The SMILES string of the molecule is CC(C)CCN(c1ccc(CCN)cc1Cl)C1CCCC1. The minimum Gasteiger partial charge on any atom is -0.367 e.